The summed E-state index contributed by atoms with van der Waals surface area (Å²) in [5, 5.41) is 6.10. The Morgan fingerprint density at radius 3 is 2.70 bits per heavy atom. The first-order valence-corrected chi connectivity index (χ1v) is 7.70. The Hall–Kier alpha value is -2.22. The summed E-state index contributed by atoms with van der Waals surface area (Å²) in [4.78, 5) is 34.5. The SMILES string of the molecule is COC(=O)CNc1nc(C(C)C)ncc1C(=O)N1CCNCC1. The molecule has 2 rings (SSSR count). The minimum Gasteiger partial charge on any atom is -0.468 e. The van der Waals surface area contributed by atoms with Crippen LogP contribution in [0.4, 0.5) is 5.82 Å². The fourth-order valence-corrected chi connectivity index (χ4v) is 2.23. The first kappa shape index (κ1) is 17.1. The lowest BCUT2D eigenvalue weighted by atomic mass is 10.2. The molecule has 1 aliphatic heterocycles. The topological polar surface area (TPSA) is 96.5 Å². The molecule has 1 aliphatic rings. The van der Waals surface area contributed by atoms with Gasteiger partial charge in [0, 0.05) is 38.3 Å². The Kier molecular flexibility index (Phi) is 5.86. The maximum Gasteiger partial charge on any atom is 0.325 e. The van der Waals surface area contributed by atoms with Gasteiger partial charge in [0.2, 0.25) is 0 Å². The van der Waals surface area contributed by atoms with Gasteiger partial charge in [0.15, 0.2) is 0 Å². The van der Waals surface area contributed by atoms with Crippen LogP contribution < -0.4 is 10.6 Å². The number of hydrogen-bond acceptors (Lipinski definition) is 7. The van der Waals surface area contributed by atoms with Crippen molar-refractivity contribution in [2.75, 3.05) is 45.2 Å². The zero-order chi connectivity index (χ0) is 16.8. The molecule has 1 aromatic heterocycles. The summed E-state index contributed by atoms with van der Waals surface area (Å²) in [6.07, 6.45) is 1.53. The number of nitrogens with zero attached hydrogens (tertiary/aromatic N) is 3. The van der Waals surface area contributed by atoms with E-state index in [1.807, 2.05) is 13.8 Å². The van der Waals surface area contributed by atoms with Crippen LogP contribution in [0.1, 0.15) is 35.9 Å². The summed E-state index contributed by atoms with van der Waals surface area (Å²) in [6.45, 7) is 6.70. The van der Waals surface area contributed by atoms with Crippen molar-refractivity contribution < 1.29 is 14.3 Å². The van der Waals surface area contributed by atoms with Gasteiger partial charge in [0.25, 0.3) is 5.91 Å². The van der Waals surface area contributed by atoms with Crippen LogP contribution in [0.5, 0.6) is 0 Å². The minimum atomic E-state index is -0.421. The number of anilines is 1. The van der Waals surface area contributed by atoms with Crippen molar-refractivity contribution in [2.45, 2.75) is 19.8 Å². The molecule has 0 atom stereocenters. The van der Waals surface area contributed by atoms with Gasteiger partial charge in [-0.1, -0.05) is 13.8 Å². The van der Waals surface area contributed by atoms with Crippen LogP contribution in [0.25, 0.3) is 0 Å². The van der Waals surface area contributed by atoms with E-state index in [-0.39, 0.29) is 18.4 Å². The first-order chi connectivity index (χ1) is 11.0. The normalized spacial score (nSPS) is 14.7. The highest BCUT2D eigenvalue weighted by Gasteiger charge is 2.23. The lowest BCUT2D eigenvalue weighted by molar-refractivity contribution is -0.138. The van der Waals surface area contributed by atoms with Gasteiger partial charge >= 0.3 is 5.97 Å². The highest BCUT2D eigenvalue weighted by molar-refractivity contribution is 5.98. The number of hydrogen-bond donors (Lipinski definition) is 2. The minimum absolute atomic E-state index is 0.0487. The van der Waals surface area contributed by atoms with E-state index in [9.17, 15) is 9.59 Å². The standard InChI is InChI=1S/C15H23N5O3/c1-10(2)13-17-8-11(14(19-13)18-9-12(21)23-3)15(22)20-6-4-16-5-7-20/h8,10,16H,4-7,9H2,1-3H3,(H,17,18,19). The molecule has 1 amide bonds. The summed E-state index contributed by atoms with van der Waals surface area (Å²) in [7, 11) is 1.32. The molecule has 23 heavy (non-hydrogen) atoms. The Balaban J connectivity index is 2.24. The van der Waals surface area contributed by atoms with Gasteiger partial charge in [-0.05, 0) is 0 Å². The summed E-state index contributed by atoms with van der Waals surface area (Å²) in [5.41, 5.74) is 0.375. The van der Waals surface area contributed by atoms with Gasteiger partial charge < -0.3 is 20.3 Å². The Morgan fingerprint density at radius 2 is 2.09 bits per heavy atom. The zero-order valence-electron chi connectivity index (χ0n) is 13.8. The third kappa shape index (κ3) is 4.38. The molecule has 0 aromatic carbocycles. The number of carbonyl (C=O) groups is 2. The molecule has 0 radical (unpaired) electrons. The number of aromatic nitrogens is 2. The highest BCUT2D eigenvalue weighted by Crippen LogP contribution is 2.18. The fraction of sp³-hybridized carbons (Fsp3) is 0.600. The Bertz CT molecular complexity index is 570. The molecule has 0 saturated carbocycles. The van der Waals surface area contributed by atoms with Crippen molar-refractivity contribution in [3.05, 3.63) is 17.6 Å². The van der Waals surface area contributed by atoms with Gasteiger partial charge in [0.05, 0.1) is 7.11 Å². The molecule has 8 nitrogen and oxygen atoms in total. The van der Waals surface area contributed by atoms with Gasteiger partial charge in [-0.15, -0.1) is 0 Å². The van der Waals surface area contributed by atoms with Crippen LogP contribution in [0.15, 0.2) is 6.20 Å². The zero-order valence-corrected chi connectivity index (χ0v) is 13.8. The smallest absolute Gasteiger partial charge is 0.325 e. The van der Waals surface area contributed by atoms with Crippen molar-refractivity contribution in [3.63, 3.8) is 0 Å². The maximum absolute atomic E-state index is 12.7. The highest BCUT2D eigenvalue weighted by atomic mass is 16.5. The van der Waals surface area contributed by atoms with Gasteiger partial charge in [-0.25, -0.2) is 9.97 Å². The predicted octanol–water partition coefficient (Wildman–Crippen LogP) is 0.230. The molecule has 2 heterocycles. The average Bonchev–Trinajstić information content (AvgIpc) is 2.59. The fourth-order valence-electron chi connectivity index (χ4n) is 2.23. The summed E-state index contributed by atoms with van der Waals surface area (Å²) >= 11 is 0. The first-order valence-electron chi connectivity index (χ1n) is 7.70. The molecule has 1 aromatic rings. The Labute approximate surface area is 135 Å². The van der Waals surface area contributed by atoms with E-state index in [1.54, 1.807) is 4.90 Å². The van der Waals surface area contributed by atoms with Gasteiger partial charge in [-0.2, -0.15) is 0 Å². The van der Waals surface area contributed by atoms with E-state index in [0.29, 0.717) is 30.3 Å². The number of methoxy groups -OCH3 is 1. The number of amides is 1. The van der Waals surface area contributed by atoms with Crippen molar-refractivity contribution in [1.82, 2.24) is 20.2 Å². The number of ether oxygens (including phenoxy) is 1. The lowest BCUT2D eigenvalue weighted by Gasteiger charge is -2.28. The van der Waals surface area contributed by atoms with Crippen LogP contribution in [-0.4, -0.2) is 66.6 Å². The van der Waals surface area contributed by atoms with E-state index in [1.165, 1.54) is 13.3 Å². The maximum atomic E-state index is 12.7. The Morgan fingerprint density at radius 1 is 1.39 bits per heavy atom. The monoisotopic (exact) mass is 321 g/mol. The molecular weight excluding hydrogens is 298 g/mol. The number of carbonyl (C=O) groups excluding carboxylic acids is 2. The average molecular weight is 321 g/mol. The quantitative estimate of drug-likeness (QED) is 0.749. The molecule has 2 N–H and O–H groups in total. The third-order valence-electron chi connectivity index (χ3n) is 3.59. The van der Waals surface area contributed by atoms with Crippen LogP contribution in [0.3, 0.4) is 0 Å². The molecule has 0 unspecified atom stereocenters. The number of esters is 1. The van der Waals surface area contributed by atoms with Crippen LogP contribution in [0.2, 0.25) is 0 Å². The molecule has 0 bridgehead atoms. The number of nitrogens with one attached hydrogen (secondary N) is 2. The van der Waals surface area contributed by atoms with Crippen LogP contribution >= 0.6 is 0 Å². The van der Waals surface area contributed by atoms with E-state index in [4.69, 9.17) is 0 Å². The van der Waals surface area contributed by atoms with E-state index < -0.39 is 5.97 Å². The lowest BCUT2D eigenvalue weighted by Crippen LogP contribution is -2.46. The second-order valence-corrected chi connectivity index (χ2v) is 5.62. The van der Waals surface area contributed by atoms with E-state index in [2.05, 4.69) is 25.3 Å². The van der Waals surface area contributed by atoms with Crippen molar-refractivity contribution in [2.24, 2.45) is 0 Å². The van der Waals surface area contributed by atoms with Crippen molar-refractivity contribution >= 4 is 17.7 Å². The molecule has 8 heteroatoms. The van der Waals surface area contributed by atoms with Gasteiger partial charge in [0.1, 0.15) is 23.8 Å². The predicted molar refractivity (Wildman–Crippen MR) is 85.4 cm³/mol. The van der Waals surface area contributed by atoms with Crippen LogP contribution in [0, 0.1) is 0 Å². The second-order valence-electron chi connectivity index (χ2n) is 5.62. The van der Waals surface area contributed by atoms with E-state index >= 15 is 0 Å². The third-order valence-corrected chi connectivity index (χ3v) is 3.59. The molecule has 1 saturated heterocycles. The molecule has 0 aliphatic carbocycles. The number of piperazine rings is 1. The van der Waals surface area contributed by atoms with Crippen molar-refractivity contribution in [1.29, 1.82) is 0 Å². The molecule has 0 spiro atoms. The van der Waals surface area contributed by atoms with Crippen molar-refractivity contribution in [3.8, 4) is 0 Å². The van der Waals surface area contributed by atoms with Crippen LogP contribution in [-0.2, 0) is 9.53 Å². The summed E-state index contributed by atoms with van der Waals surface area (Å²) in [5.74, 6) is 0.563. The molecular formula is C15H23N5O3. The molecule has 1 fully saturated rings. The largest absolute Gasteiger partial charge is 0.468 e. The summed E-state index contributed by atoms with van der Waals surface area (Å²) < 4.78 is 4.62. The van der Waals surface area contributed by atoms with E-state index in [0.717, 1.165) is 13.1 Å². The summed E-state index contributed by atoms with van der Waals surface area (Å²) in [6, 6.07) is 0. The number of rotatable bonds is 5. The second kappa shape index (κ2) is 7.87. The molecule has 126 valence electrons. The van der Waals surface area contributed by atoms with Gasteiger partial charge in [-0.3, -0.25) is 9.59 Å².